The van der Waals surface area contributed by atoms with E-state index in [0.717, 1.165) is 10.7 Å². The Labute approximate surface area is 135 Å². The molecule has 0 aromatic heterocycles. The molecule has 2 heterocycles. The number of carbonyl (C=O) groups excluding carboxylic acids is 2. The van der Waals surface area contributed by atoms with E-state index in [4.69, 9.17) is 6.57 Å². The molecule has 0 aromatic carbocycles. The fourth-order valence-corrected chi connectivity index (χ4v) is 4.00. The summed E-state index contributed by atoms with van der Waals surface area (Å²) >= 11 is 0. The van der Waals surface area contributed by atoms with E-state index in [1.807, 2.05) is 0 Å². The van der Waals surface area contributed by atoms with Crippen molar-refractivity contribution in [2.75, 3.05) is 45.0 Å². The zero-order valence-electron chi connectivity index (χ0n) is 12.8. The van der Waals surface area contributed by atoms with Crippen molar-refractivity contribution in [1.82, 2.24) is 19.8 Å². The molecule has 1 atom stereocenters. The van der Waals surface area contributed by atoms with E-state index >= 15 is 0 Å². The predicted octanol–water partition coefficient (Wildman–Crippen LogP) is -1.79. The van der Waals surface area contributed by atoms with Gasteiger partial charge in [-0.2, -0.15) is 4.31 Å². The monoisotopic (exact) mass is 343 g/mol. The van der Waals surface area contributed by atoms with Crippen molar-refractivity contribution < 1.29 is 18.0 Å². The minimum absolute atomic E-state index is 0.0159. The molecule has 2 rings (SSSR count). The molecule has 0 unspecified atom stereocenters. The van der Waals surface area contributed by atoms with Crippen molar-refractivity contribution in [3.63, 3.8) is 0 Å². The third-order valence-electron chi connectivity index (χ3n) is 3.90. The van der Waals surface area contributed by atoms with Crippen molar-refractivity contribution in [2.24, 2.45) is 0 Å². The van der Waals surface area contributed by atoms with Gasteiger partial charge in [0.2, 0.25) is 21.8 Å². The maximum atomic E-state index is 12.1. The normalized spacial score (nSPS) is 22.7. The Kier molecular flexibility index (Phi) is 5.92. The highest BCUT2D eigenvalue weighted by molar-refractivity contribution is 7.89. The molecular weight excluding hydrogens is 322 g/mol. The van der Waals surface area contributed by atoms with E-state index in [-0.39, 0.29) is 49.9 Å². The van der Waals surface area contributed by atoms with Gasteiger partial charge in [0.05, 0.1) is 18.8 Å². The van der Waals surface area contributed by atoms with Gasteiger partial charge in [-0.05, 0) is 6.42 Å². The van der Waals surface area contributed by atoms with E-state index in [0.29, 0.717) is 19.5 Å². The molecule has 0 aromatic rings. The highest BCUT2D eigenvalue weighted by Gasteiger charge is 2.32. The molecule has 2 aliphatic heterocycles. The minimum atomic E-state index is -3.51. The molecule has 0 saturated carbocycles. The molecule has 2 N–H and O–H groups in total. The van der Waals surface area contributed by atoms with Crippen LogP contribution in [-0.4, -0.2) is 80.6 Å². The van der Waals surface area contributed by atoms with Crippen LogP contribution in [0.4, 0.5) is 0 Å². The Hall–Kier alpha value is -1.70. The van der Waals surface area contributed by atoms with Crippen LogP contribution in [0.5, 0.6) is 0 Å². The molecule has 0 bridgehead atoms. The van der Waals surface area contributed by atoms with Crippen molar-refractivity contribution >= 4 is 21.8 Å². The van der Waals surface area contributed by atoms with Crippen LogP contribution in [0.25, 0.3) is 4.85 Å². The Morgan fingerprint density at radius 3 is 2.91 bits per heavy atom. The second-order valence-corrected chi connectivity index (χ2v) is 7.60. The lowest BCUT2D eigenvalue weighted by Crippen LogP contribution is -2.51. The summed E-state index contributed by atoms with van der Waals surface area (Å²) in [7, 11) is -3.51. The zero-order chi connectivity index (χ0) is 16.9. The molecule has 2 saturated heterocycles. The van der Waals surface area contributed by atoms with Gasteiger partial charge in [0.25, 0.3) is 0 Å². The van der Waals surface area contributed by atoms with E-state index < -0.39 is 10.0 Å². The Bertz CT molecular complexity index is 600. The van der Waals surface area contributed by atoms with Crippen LogP contribution >= 0.6 is 0 Å². The van der Waals surface area contributed by atoms with Gasteiger partial charge >= 0.3 is 6.17 Å². The van der Waals surface area contributed by atoms with Crippen molar-refractivity contribution in [3.8, 4) is 0 Å². The van der Waals surface area contributed by atoms with Gasteiger partial charge in [-0.3, -0.25) is 19.3 Å². The number of rotatable bonds is 6. The second-order valence-electron chi connectivity index (χ2n) is 5.52. The molecule has 10 heteroatoms. The number of amides is 2. The van der Waals surface area contributed by atoms with Crippen molar-refractivity contribution in [3.05, 3.63) is 11.4 Å². The highest BCUT2D eigenvalue weighted by Crippen LogP contribution is 2.17. The molecule has 2 amide bonds. The summed E-state index contributed by atoms with van der Waals surface area (Å²) in [4.78, 5) is 28.2. The lowest BCUT2D eigenvalue weighted by molar-refractivity contribution is -0.130. The summed E-state index contributed by atoms with van der Waals surface area (Å²) in [5.41, 5.74) is 0. The molecule has 0 spiro atoms. The molecule has 128 valence electrons. The summed E-state index contributed by atoms with van der Waals surface area (Å²) in [6.45, 7) is 8.20. The van der Waals surface area contributed by atoms with Crippen LogP contribution in [-0.2, 0) is 19.6 Å². The van der Waals surface area contributed by atoms with Crippen LogP contribution in [0.3, 0.4) is 0 Å². The van der Waals surface area contributed by atoms with Crippen LogP contribution in [0.15, 0.2) is 0 Å². The Balaban J connectivity index is 1.73. The number of likely N-dealkylation sites (tertiary alicyclic amines) is 1. The van der Waals surface area contributed by atoms with Gasteiger partial charge in [-0.15, -0.1) is 0 Å². The van der Waals surface area contributed by atoms with Crippen LogP contribution < -0.4 is 10.6 Å². The van der Waals surface area contributed by atoms with Gasteiger partial charge in [0.1, 0.15) is 0 Å². The first-order valence-corrected chi connectivity index (χ1v) is 9.16. The lowest BCUT2D eigenvalue weighted by Gasteiger charge is -2.26. The van der Waals surface area contributed by atoms with Crippen molar-refractivity contribution in [2.45, 2.75) is 19.0 Å². The summed E-state index contributed by atoms with van der Waals surface area (Å²) in [6, 6.07) is 0. The molecule has 2 aliphatic rings. The lowest BCUT2D eigenvalue weighted by atomic mass is 10.3. The SMILES string of the molecule is [C-]#[N+][C@@H]1CCCN1C(=O)CNCCS(=O)(=O)N1CCNC(=O)C1. The fourth-order valence-electron chi connectivity index (χ4n) is 2.65. The van der Waals surface area contributed by atoms with Crippen molar-refractivity contribution in [1.29, 1.82) is 0 Å². The molecule has 23 heavy (non-hydrogen) atoms. The topological polar surface area (TPSA) is 103 Å². The summed E-state index contributed by atoms with van der Waals surface area (Å²) in [5.74, 6) is -0.653. The number of sulfonamides is 1. The average molecular weight is 343 g/mol. The number of hydrogen-bond acceptors (Lipinski definition) is 5. The van der Waals surface area contributed by atoms with E-state index in [1.54, 1.807) is 0 Å². The highest BCUT2D eigenvalue weighted by atomic mass is 32.2. The van der Waals surface area contributed by atoms with Gasteiger partial charge in [0, 0.05) is 32.6 Å². The predicted molar refractivity (Wildman–Crippen MR) is 82.6 cm³/mol. The molecule has 2 fully saturated rings. The van der Waals surface area contributed by atoms with Crippen LogP contribution in [0.1, 0.15) is 12.8 Å². The maximum Gasteiger partial charge on any atom is 0.300 e. The first kappa shape index (κ1) is 17.7. The maximum absolute atomic E-state index is 12.1. The quantitative estimate of drug-likeness (QED) is 0.438. The number of piperazine rings is 1. The number of nitrogens with one attached hydrogen (secondary N) is 2. The van der Waals surface area contributed by atoms with Crippen LogP contribution in [0, 0.1) is 6.57 Å². The number of carbonyl (C=O) groups is 2. The zero-order valence-corrected chi connectivity index (χ0v) is 13.6. The van der Waals surface area contributed by atoms with E-state index in [9.17, 15) is 18.0 Å². The molecular formula is C13H21N5O4S. The van der Waals surface area contributed by atoms with E-state index in [2.05, 4.69) is 15.5 Å². The minimum Gasteiger partial charge on any atom is -0.354 e. The van der Waals surface area contributed by atoms with Gasteiger partial charge < -0.3 is 10.6 Å². The Morgan fingerprint density at radius 1 is 1.43 bits per heavy atom. The fraction of sp³-hybridized carbons (Fsp3) is 0.769. The first-order valence-electron chi connectivity index (χ1n) is 7.55. The Morgan fingerprint density at radius 2 is 2.22 bits per heavy atom. The molecule has 0 radical (unpaired) electrons. The standard InChI is InChI=1S/C13H21N5O4S/c1-14-11-3-2-6-18(11)13(20)9-15-5-8-23(21,22)17-7-4-16-12(19)10-17/h11,15H,2-10H2,(H,16,19)/t11-/m0/s1. The average Bonchev–Trinajstić information content (AvgIpc) is 3.00. The summed E-state index contributed by atoms with van der Waals surface area (Å²) in [5, 5.41) is 5.38. The van der Waals surface area contributed by atoms with Gasteiger partial charge in [0.15, 0.2) is 0 Å². The third-order valence-corrected chi connectivity index (χ3v) is 5.72. The molecule has 0 aliphatic carbocycles. The van der Waals surface area contributed by atoms with Gasteiger partial charge in [-0.1, -0.05) is 0 Å². The number of nitrogens with zero attached hydrogens (tertiary/aromatic N) is 3. The third kappa shape index (κ3) is 4.63. The first-order chi connectivity index (χ1) is 10.9. The summed E-state index contributed by atoms with van der Waals surface area (Å²) in [6.07, 6.45) is 1.13. The number of hydrogen-bond donors (Lipinski definition) is 2. The van der Waals surface area contributed by atoms with Crippen LogP contribution in [0.2, 0.25) is 0 Å². The second kappa shape index (κ2) is 7.72. The smallest absolute Gasteiger partial charge is 0.300 e. The van der Waals surface area contributed by atoms with Gasteiger partial charge in [-0.25, -0.2) is 15.0 Å². The summed E-state index contributed by atoms with van der Waals surface area (Å²) < 4.78 is 25.4. The largest absolute Gasteiger partial charge is 0.354 e. The molecule has 9 nitrogen and oxygen atoms in total. The van der Waals surface area contributed by atoms with E-state index in [1.165, 1.54) is 4.90 Å².